The molecule has 0 bridgehead atoms. The molecule has 5 aliphatic rings. The van der Waals surface area contributed by atoms with E-state index in [1.807, 2.05) is 42.5 Å². The summed E-state index contributed by atoms with van der Waals surface area (Å²) < 4.78 is 31.1. The fourth-order valence-electron chi connectivity index (χ4n) is 12.3. The van der Waals surface area contributed by atoms with Crippen LogP contribution in [0.3, 0.4) is 0 Å². The molecule has 0 saturated heterocycles. The second-order valence-electron chi connectivity index (χ2n) is 20.9. The number of aromatic carboxylic acids is 1. The molecule has 79 heavy (non-hydrogen) atoms. The van der Waals surface area contributed by atoms with Gasteiger partial charge >= 0.3 is 5.97 Å². The van der Waals surface area contributed by atoms with Crippen molar-refractivity contribution in [3.63, 3.8) is 0 Å². The molecule has 18 nitrogen and oxygen atoms in total. The Balaban J connectivity index is 0.880. The number of aliphatic hydroxyl groups excluding tert-OH is 1. The van der Waals surface area contributed by atoms with E-state index in [9.17, 15) is 30.1 Å². The van der Waals surface area contributed by atoms with E-state index in [1.165, 1.54) is 45.3 Å². The fraction of sp³-hybridized carbons (Fsp3) is 0.367. The smallest absolute Gasteiger partial charge is 0.336 e. The van der Waals surface area contributed by atoms with Crippen molar-refractivity contribution < 1.29 is 38.5 Å². The minimum Gasteiger partial charge on any atom is -0.490 e. The highest BCUT2D eigenvalue weighted by Gasteiger charge is 2.36. The minimum atomic E-state index is -1.13. The van der Waals surface area contributed by atoms with Crippen molar-refractivity contribution in [1.29, 1.82) is 0 Å². The molecule has 0 radical (unpaired) electrons. The zero-order valence-electron chi connectivity index (χ0n) is 43.8. The van der Waals surface area contributed by atoms with Gasteiger partial charge in [0.1, 0.15) is 48.9 Å². The lowest BCUT2D eigenvalue weighted by Crippen LogP contribution is -2.41. The van der Waals surface area contributed by atoms with E-state index in [2.05, 4.69) is 52.3 Å². The summed E-state index contributed by atoms with van der Waals surface area (Å²) in [6.45, 7) is 3.88. The monoisotopic (exact) mass is 1070 g/mol. The quantitative estimate of drug-likeness (QED) is 0.0210. The van der Waals surface area contributed by atoms with Crippen molar-refractivity contribution in [2.45, 2.75) is 83.3 Å². The van der Waals surface area contributed by atoms with Crippen LogP contribution in [0.1, 0.15) is 105 Å². The average Bonchev–Trinajstić information content (AvgIpc) is 3.90. The van der Waals surface area contributed by atoms with Gasteiger partial charge in [-0.25, -0.2) is 13.8 Å². The van der Waals surface area contributed by atoms with E-state index >= 15 is 4.39 Å². The first-order valence-electron chi connectivity index (χ1n) is 27.4. The zero-order chi connectivity index (χ0) is 54.6. The summed E-state index contributed by atoms with van der Waals surface area (Å²) in [6, 6.07) is 25.0. The Morgan fingerprint density at radius 3 is 2.49 bits per heavy atom. The number of halogens is 1. The number of hydrogen-bond donors (Lipinski definition) is 4. The number of carbonyl (C=O) groups excluding carboxylic acids is 2. The summed E-state index contributed by atoms with van der Waals surface area (Å²) in [4.78, 5) is 51.3. The molecular weight excluding hydrogens is 1010 g/mol. The van der Waals surface area contributed by atoms with Crippen LogP contribution in [0.4, 0.5) is 21.5 Å². The Bertz CT molecular complexity index is 3680. The third-order valence-corrected chi connectivity index (χ3v) is 15.8. The van der Waals surface area contributed by atoms with Gasteiger partial charge in [0.25, 0.3) is 5.91 Å². The molecule has 5 heterocycles. The van der Waals surface area contributed by atoms with Gasteiger partial charge in [0.05, 0.1) is 22.5 Å². The van der Waals surface area contributed by atoms with Crippen molar-refractivity contribution in [2.75, 3.05) is 63.9 Å². The molecule has 0 aromatic heterocycles. The lowest BCUT2D eigenvalue weighted by atomic mass is 9.82. The number of fused-ring (bicyclic) bond motifs is 5. The molecule has 2 amide bonds. The van der Waals surface area contributed by atoms with E-state index in [4.69, 9.17) is 15.0 Å². The number of hydrogen-bond acceptors (Lipinski definition) is 10. The molecule has 404 valence electrons. The van der Waals surface area contributed by atoms with Crippen LogP contribution in [-0.4, -0.2) is 98.0 Å². The molecule has 4 N–H and O–H groups in total. The van der Waals surface area contributed by atoms with Crippen molar-refractivity contribution in [3.8, 4) is 17.2 Å². The van der Waals surface area contributed by atoms with Gasteiger partial charge in [-0.05, 0) is 133 Å². The molecule has 0 unspecified atom stereocenters. The summed E-state index contributed by atoms with van der Waals surface area (Å²) in [5, 5.41) is 38.7. The Morgan fingerprint density at radius 1 is 0.835 bits per heavy atom. The number of aliphatic hydroxyl groups is 1. The van der Waals surface area contributed by atoms with Gasteiger partial charge in [0.2, 0.25) is 11.3 Å². The first-order chi connectivity index (χ1) is 38.6. The maximum absolute atomic E-state index is 15.4. The van der Waals surface area contributed by atoms with Crippen LogP contribution >= 0.6 is 0 Å². The molecule has 6 aromatic rings. The van der Waals surface area contributed by atoms with Gasteiger partial charge < -0.3 is 40.1 Å². The maximum Gasteiger partial charge on any atom is 0.336 e. The van der Waals surface area contributed by atoms with Gasteiger partial charge in [-0.15, -0.1) is 0 Å². The Labute approximate surface area is 455 Å². The van der Waals surface area contributed by atoms with Crippen molar-refractivity contribution in [2.24, 2.45) is 10.2 Å². The number of carboxylic acids is 1. The van der Waals surface area contributed by atoms with E-state index in [1.54, 1.807) is 6.07 Å². The van der Waals surface area contributed by atoms with E-state index in [0.29, 0.717) is 11.3 Å². The molecule has 0 fully saturated rings. The fourth-order valence-corrected chi connectivity index (χ4v) is 12.3. The third-order valence-electron chi connectivity index (χ3n) is 15.8. The largest absolute Gasteiger partial charge is 0.490 e. The number of nitrogens with zero attached hydrogens (tertiary/aromatic N) is 9. The Hall–Kier alpha value is -8.47. The number of aryl methyl sites for hydroxylation is 2. The number of amides is 2. The highest BCUT2D eigenvalue weighted by atomic mass is 19.1. The summed E-state index contributed by atoms with van der Waals surface area (Å²) in [5.74, 6) is -0.803. The number of azide groups is 2. The molecular formula is C60H61FN11O7+. The van der Waals surface area contributed by atoms with Crippen LogP contribution in [0.25, 0.3) is 37.2 Å². The van der Waals surface area contributed by atoms with Crippen molar-refractivity contribution in [3.05, 3.63) is 172 Å². The molecule has 19 heteroatoms. The summed E-state index contributed by atoms with van der Waals surface area (Å²) >= 11 is 0. The average molecular weight is 1070 g/mol. The number of rotatable bonds is 18. The van der Waals surface area contributed by atoms with E-state index in [0.717, 1.165) is 146 Å². The molecule has 5 aliphatic heterocycles. The number of ether oxygens (including phenoxy) is 2. The maximum atomic E-state index is 15.4. The van der Waals surface area contributed by atoms with Gasteiger partial charge in [-0.1, -0.05) is 46.6 Å². The van der Waals surface area contributed by atoms with E-state index < -0.39 is 29.5 Å². The highest BCUT2D eigenvalue weighted by molar-refractivity contribution is 6.03. The lowest BCUT2D eigenvalue weighted by molar-refractivity contribution is -0.131. The van der Waals surface area contributed by atoms with Gasteiger partial charge in [-0.3, -0.25) is 9.59 Å². The summed E-state index contributed by atoms with van der Waals surface area (Å²) in [6.07, 6.45) is 8.63. The van der Waals surface area contributed by atoms with Crippen LogP contribution < -0.4 is 40.2 Å². The molecule has 0 aliphatic carbocycles. The second kappa shape index (κ2) is 23.2. The minimum absolute atomic E-state index is 0.00366. The van der Waals surface area contributed by atoms with Gasteiger partial charge in [-0.2, -0.15) is 0 Å². The lowest BCUT2D eigenvalue weighted by Gasteiger charge is -2.35. The topological polar surface area (TPSA) is 241 Å². The van der Waals surface area contributed by atoms with Crippen LogP contribution in [-0.2, 0) is 37.0 Å². The summed E-state index contributed by atoms with van der Waals surface area (Å²) in [7, 11) is 0. The zero-order valence-corrected chi connectivity index (χ0v) is 43.8. The molecule has 6 aromatic carbocycles. The Morgan fingerprint density at radius 2 is 1.63 bits per heavy atom. The predicted molar refractivity (Wildman–Crippen MR) is 298 cm³/mol. The third kappa shape index (κ3) is 10.8. The predicted octanol–water partition coefficient (Wildman–Crippen LogP) is 8.95. The highest BCUT2D eigenvalue weighted by Crippen LogP contribution is 2.49. The number of nitrogens with one attached hydrogen (secondary N) is 2. The number of carbonyl (C=O) groups is 3. The number of carboxylic acid groups (broad SMARTS) is 1. The number of anilines is 1. The second-order valence-corrected chi connectivity index (χ2v) is 20.9. The SMILES string of the molecule is [N-]=[N+]=Nc1cc(CN(CCNC(=O)c2ccc(C(=O)O)c(C3=c4cc5c6c(c4Oc4c3cc3c7c4CCCN7CCCC3)CCC[N+]=6CCCC5)c2)C(=O)CCNC[C@H](O)COc2cccc3ccccc23)cc(F)c1N=[N+]=[N-]. The molecule has 0 saturated carbocycles. The van der Waals surface area contributed by atoms with Gasteiger partial charge in [0, 0.05) is 119 Å². The molecule has 0 spiro atoms. The normalized spacial score (nSPS) is 15.3. The molecule has 1 atom stereocenters. The first-order valence-corrected chi connectivity index (χ1v) is 27.4. The van der Waals surface area contributed by atoms with Crippen molar-refractivity contribution in [1.82, 2.24) is 20.1 Å². The van der Waals surface area contributed by atoms with Crippen LogP contribution in [0.15, 0.2) is 95.2 Å². The first kappa shape index (κ1) is 52.6. The number of benzene rings is 6. The van der Waals surface area contributed by atoms with Crippen LogP contribution in [0.2, 0.25) is 0 Å². The van der Waals surface area contributed by atoms with E-state index in [-0.39, 0.29) is 74.0 Å². The molecule has 11 rings (SSSR count). The van der Waals surface area contributed by atoms with Gasteiger partial charge in [0.15, 0.2) is 0 Å². The van der Waals surface area contributed by atoms with Crippen molar-refractivity contribution >= 4 is 51.2 Å². The van der Waals surface area contributed by atoms with Crippen LogP contribution in [0.5, 0.6) is 17.2 Å². The Kier molecular flexibility index (Phi) is 15.5. The van der Waals surface area contributed by atoms with Crippen LogP contribution in [0, 0.1) is 5.82 Å². The standard InChI is InChI=1S/C60H60FN11O7/c61-49-28-36(29-50(66-68-62)54(49)67-69-63)34-72(52(74)20-21-64-33-41(73)35-78-51-17-7-13-37-10-1-2-14-42(37)51)27-22-65-59(75)40-18-19-43(60(76)77)46(32-40)53-47-30-38-11-3-5-23-70-25-8-15-44(55(38)70)57(47)79-58-45-16-9-26-71-24-6-4-12-39(56(45)71)31-48(53)58/h1-2,7,10,13-14,17-19,28-32,41,64,73H,3-6,8-9,11-12,15-16,20-27,33-35H2,(H-,65,75,76,77)/p+1/t41-/m0/s1. The summed E-state index contributed by atoms with van der Waals surface area (Å²) in [5.41, 5.74) is 26.0.